The third kappa shape index (κ3) is 3.99. The lowest BCUT2D eigenvalue weighted by Gasteiger charge is -2.23. The molecule has 0 saturated carbocycles. The summed E-state index contributed by atoms with van der Waals surface area (Å²) >= 11 is 0. The Morgan fingerprint density at radius 1 is 1.14 bits per heavy atom. The van der Waals surface area contributed by atoms with Crippen LogP contribution in [0.1, 0.15) is 6.42 Å². The third-order valence-corrected chi connectivity index (χ3v) is 3.29. The van der Waals surface area contributed by atoms with Crippen LogP contribution in [-0.2, 0) is 0 Å². The lowest BCUT2D eigenvalue weighted by atomic mass is 10.2. The highest BCUT2D eigenvalue weighted by Crippen LogP contribution is 2.24. The van der Waals surface area contributed by atoms with E-state index in [1.165, 1.54) is 0 Å². The lowest BCUT2D eigenvalue weighted by molar-refractivity contribution is -0.367. The van der Waals surface area contributed by atoms with Gasteiger partial charge in [-0.15, -0.1) is 0 Å². The molecule has 0 atom stereocenters. The van der Waals surface area contributed by atoms with Gasteiger partial charge in [0.2, 0.25) is 0 Å². The molecule has 116 valence electrons. The number of nitrogens with zero attached hydrogens (tertiary/aromatic N) is 1. The quantitative estimate of drug-likeness (QED) is 0.860. The Hall–Kier alpha value is -2.53. The summed E-state index contributed by atoms with van der Waals surface area (Å²) < 4.78 is 5.27. The van der Waals surface area contributed by atoms with Crippen molar-refractivity contribution in [2.75, 3.05) is 30.4 Å². The number of amides is 2. The molecule has 0 aliphatic rings. The van der Waals surface area contributed by atoms with Crippen molar-refractivity contribution in [1.82, 2.24) is 0 Å². The second-order valence-corrected chi connectivity index (χ2v) is 4.82. The fourth-order valence-corrected chi connectivity index (χ4v) is 2.16. The average Bonchev–Trinajstić information content (AvgIpc) is 2.56. The van der Waals surface area contributed by atoms with Crippen molar-refractivity contribution in [2.45, 2.75) is 6.42 Å². The van der Waals surface area contributed by atoms with E-state index in [0.29, 0.717) is 18.0 Å². The number of carbonyl (C=O) groups excluding carboxylic acids is 1. The Kier molecular flexibility index (Phi) is 5.80. The molecule has 0 saturated heterocycles. The maximum atomic E-state index is 12.6. The lowest BCUT2D eigenvalue weighted by Crippen LogP contribution is -2.51. The van der Waals surface area contributed by atoms with Gasteiger partial charge >= 0.3 is 6.03 Å². The molecular weight excluding hydrogens is 278 g/mol. The van der Waals surface area contributed by atoms with E-state index in [4.69, 9.17) is 4.74 Å². The van der Waals surface area contributed by atoms with Gasteiger partial charge in [-0.25, -0.2) is 4.79 Å². The Balaban J connectivity index is 2.18. The van der Waals surface area contributed by atoms with E-state index in [-0.39, 0.29) is 6.03 Å². The number of carbonyl (C=O) groups is 1. The Morgan fingerprint density at radius 2 is 1.82 bits per heavy atom. The first-order chi connectivity index (χ1) is 10.8. The molecule has 2 amide bonds. The van der Waals surface area contributed by atoms with Gasteiger partial charge in [-0.1, -0.05) is 30.3 Å². The maximum absolute atomic E-state index is 12.6. The van der Waals surface area contributed by atoms with Gasteiger partial charge in [-0.2, -0.15) is 0 Å². The fraction of sp³-hybridized carbons (Fsp3) is 0.235. The molecule has 0 unspecified atom stereocenters. The molecule has 5 heteroatoms. The first-order valence-corrected chi connectivity index (χ1v) is 7.32. The predicted molar refractivity (Wildman–Crippen MR) is 88.2 cm³/mol. The number of nitrogens with one attached hydrogen (secondary N) is 1. The second kappa shape index (κ2) is 8.05. The SMILES string of the molecule is COc1ccccc1NC(=O)N(CCC[NH3+])c1ccccc1. The zero-order valence-electron chi connectivity index (χ0n) is 12.8. The summed E-state index contributed by atoms with van der Waals surface area (Å²) in [6.07, 6.45) is 0.842. The number of rotatable bonds is 6. The summed E-state index contributed by atoms with van der Waals surface area (Å²) in [5, 5.41) is 2.91. The molecule has 0 aromatic heterocycles. The molecule has 0 fully saturated rings. The van der Waals surface area contributed by atoms with Crippen LogP contribution in [0.4, 0.5) is 16.2 Å². The number of urea groups is 1. The number of anilines is 2. The van der Waals surface area contributed by atoms with Crippen molar-refractivity contribution < 1.29 is 15.3 Å². The number of methoxy groups -OCH3 is 1. The largest absolute Gasteiger partial charge is 0.495 e. The minimum atomic E-state index is -0.177. The summed E-state index contributed by atoms with van der Waals surface area (Å²) in [6.45, 7) is 1.40. The number of quaternary nitrogens is 1. The van der Waals surface area contributed by atoms with E-state index < -0.39 is 0 Å². The van der Waals surface area contributed by atoms with Crippen molar-refractivity contribution in [3.63, 3.8) is 0 Å². The summed E-state index contributed by atoms with van der Waals surface area (Å²) in [5.74, 6) is 0.640. The summed E-state index contributed by atoms with van der Waals surface area (Å²) in [7, 11) is 1.59. The summed E-state index contributed by atoms with van der Waals surface area (Å²) in [5.41, 5.74) is 5.37. The van der Waals surface area contributed by atoms with Crippen molar-refractivity contribution in [1.29, 1.82) is 0 Å². The fourth-order valence-electron chi connectivity index (χ4n) is 2.16. The van der Waals surface area contributed by atoms with Crippen molar-refractivity contribution in [3.05, 3.63) is 54.6 Å². The van der Waals surface area contributed by atoms with Gasteiger partial charge in [0.15, 0.2) is 0 Å². The van der Waals surface area contributed by atoms with E-state index in [0.717, 1.165) is 18.7 Å². The molecule has 22 heavy (non-hydrogen) atoms. The van der Waals surface area contributed by atoms with Crippen LogP contribution < -0.4 is 20.7 Å². The molecule has 0 aliphatic carbocycles. The van der Waals surface area contributed by atoms with Crippen LogP contribution in [0.3, 0.4) is 0 Å². The average molecular weight is 300 g/mol. The Bertz CT molecular complexity index is 602. The van der Waals surface area contributed by atoms with Crippen molar-refractivity contribution in [3.8, 4) is 5.75 Å². The maximum Gasteiger partial charge on any atom is 0.326 e. The van der Waals surface area contributed by atoms with Crippen LogP contribution in [-0.4, -0.2) is 26.2 Å². The molecular formula is C17H22N3O2+. The van der Waals surface area contributed by atoms with Crippen LogP contribution in [0, 0.1) is 0 Å². The van der Waals surface area contributed by atoms with Gasteiger partial charge in [0.1, 0.15) is 5.75 Å². The van der Waals surface area contributed by atoms with Crippen LogP contribution in [0.25, 0.3) is 0 Å². The molecule has 2 aromatic rings. The minimum Gasteiger partial charge on any atom is -0.495 e. The van der Waals surface area contributed by atoms with E-state index in [2.05, 4.69) is 11.1 Å². The van der Waals surface area contributed by atoms with Gasteiger partial charge < -0.3 is 15.8 Å². The molecule has 0 aliphatic heterocycles. The van der Waals surface area contributed by atoms with Crippen LogP contribution in [0.2, 0.25) is 0 Å². The molecule has 0 heterocycles. The van der Waals surface area contributed by atoms with Crippen molar-refractivity contribution in [2.24, 2.45) is 0 Å². The third-order valence-electron chi connectivity index (χ3n) is 3.29. The topological polar surface area (TPSA) is 69.2 Å². The van der Waals surface area contributed by atoms with Gasteiger partial charge in [-0.3, -0.25) is 4.90 Å². The number of hydrogen-bond acceptors (Lipinski definition) is 2. The highest BCUT2D eigenvalue weighted by Gasteiger charge is 2.16. The molecule has 0 spiro atoms. The van der Waals surface area contributed by atoms with Gasteiger partial charge in [-0.05, 0) is 24.3 Å². The van der Waals surface area contributed by atoms with Gasteiger partial charge in [0.05, 0.1) is 19.3 Å². The van der Waals surface area contributed by atoms with Crippen LogP contribution >= 0.6 is 0 Å². The van der Waals surface area contributed by atoms with E-state index >= 15 is 0 Å². The van der Waals surface area contributed by atoms with E-state index in [1.807, 2.05) is 54.6 Å². The van der Waals surface area contributed by atoms with Crippen LogP contribution in [0.15, 0.2) is 54.6 Å². The first kappa shape index (κ1) is 15.9. The highest BCUT2D eigenvalue weighted by molar-refractivity contribution is 6.02. The van der Waals surface area contributed by atoms with E-state index in [1.54, 1.807) is 12.0 Å². The van der Waals surface area contributed by atoms with Gasteiger partial charge in [0, 0.05) is 18.7 Å². The smallest absolute Gasteiger partial charge is 0.326 e. The normalized spacial score (nSPS) is 10.1. The van der Waals surface area contributed by atoms with E-state index in [9.17, 15) is 4.79 Å². The molecule has 2 aromatic carbocycles. The monoisotopic (exact) mass is 300 g/mol. The molecule has 0 radical (unpaired) electrons. The van der Waals surface area contributed by atoms with Crippen LogP contribution in [0.5, 0.6) is 5.75 Å². The Labute approximate surface area is 130 Å². The number of hydrogen-bond donors (Lipinski definition) is 2. The Morgan fingerprint density at radius 3 is 2.50 bits per heavy atom. The second-order valence-electron chi connectivity index (χ2n) is 4.82. The molecule has 2 rings (SSSR count). The standard InChI is InChI=1S/C17H21N3O2/c1-22-16-11-6-5-10-15(16)19-17(21)20(13-7-12-18)14-8-3-2-4-9-14/h2-6,8-11H,7,12-13,18H2,1H3,(H,19,21)/p+1. The molecule has 0 bridgehead atoms. The summed E-state index contributed by atoms with van der Waals surface area (Å²) in [6, 6.07) is 16.8. The molecule has 5 nitrogen and oxygen atoms in total. The number of para-hydroxylation sites is 3. The predicted octanol–water partition coefficient (Wildman–Crippen LogP) is 2.37. The zero-order valence-corrected chi connectivity index (χ0v) is 12.8. The summed E-state index contributed by atoms with van der Waals surface area (Å²) in [4.78, 5) is 14.3. The highest BCUT2D eigenvalue weighted by atomic mass is 16.5. The molecule has 4 N–H and O–H groups in total. The zero-order chi connectivity index (χ0) is 15.8. The minimum absolute atomic E-state index is 0.177. The first-order valence-electron chi connectivity index (χ1n) is 7.32. The number of benzene rings is 2. The number of ether oxygens (including phenoxy) is 1. The van der Waals surface area contributed by atoms with Crippen molar-refractivity contribution >= 4 is 17.4 Å². The van der Waals surface area contributed by atoms with Gasteiger partial charge in [0.25, 0.3) is 0 Å².